The van der Waals surface area contributed by atoms with E-state index in [0.29, 0.717) is 0 Å². The molecule has 0 bridgehead atoms. The Morgan fingerprint density at radius 2 is 1.05 bits per heavy atom. The van der Waals surface area contributed by atoms with Crippen LogP contribution in [0, 0.1) is 0 Å². The van der Waals surface area contributed by atoms with Crippen LogP contribution in [0.4, 0.5) is 0 Å². The van der Waals surface area contributed by atoms with Crippen LogP contribution in [-0.2, 0) is 0 Å². The van der Waals surface area contributed by atoms with Crippen LogP contribution in [-0.4, -0.2) is 17.3 Å². The Hall–Kier alpha value is -0.0800. The van der Waals surface area contributed by atoms with Crippen molar-refractivity contribution in [2.24, 2.45) is 5.73 Å². The minimum absolute atomic E-state index is 0.127. The number of nitrogens with two attached hydrogens (primary N) is 1. The van der Waals surface area contributed by atoms with Gasteiger partial charge in [0.15, 0.2) is 0 Å². The average molecular weight is 300 g/mol. The Kier molecular flexibility index (Phi) is 14.8. The fraction of sp³-hybridized carbons (Fsp3) is 1.00. The highest BCUT2D eigenvalue weighted by atomic mass is 16.3. The van der Waals surface area contributed by atoms with E-state index < -0.39 is 0 Å². The first-order chi connectivity index (χ1) is 10.2. The van der Waals surface area contributed by atoms with Gasteiger partial charge in [-0.1, -0.05) is 97.3 Å². The van der Waals surface area contributed by atoms with Gasteiger partial charge in [-0.15, -0.1) is 0 Å². The van der Waals surface area contributed by atoms with Gasteiger partial charge in [0.1, 0.15) is 0 Å². The molecule has 2 heteroatoms. The highest BCUT2D eigenvalue weighted by molar-refractivity contribution is 4.81. The van der Waals surface area contributed by atoms with Gasteiger partial charge in [-0.05, 0) is 12.8 Å². The second-order valence-corrected chi connectivity index (χ2v) is 6.87. The van der Waals surface area contributed by atoms with Crippen molar-refractivity contribution >= 4 is 0 Å². The van der Waals surface area contributed by atoms with Crippen molar-refractivity contribution < 1.29 is 5.11 Å². The third kappa shape index (κ3) is 13.3. The van der Waals surface area contributed by atoms with Crippen molar-refractivity contribution in [3.05, 3.63) is 0 Å². The summed E-state index contributed by atoms with van der Waals surface area (Å²) in [7, 11) is 0. The summed E-state index contributed by atoms with van der Waals surface area (Å²) < 4.78 is 0. The van der Waals surface area contributed by atoms with Gasteiger partial charge in [0.25, 0.3) is 0 Å². The normalized spacial score (nSPS) is 14.3. The molecule has 0 aromatic carbocycles. The summed E-state index contributed by atoms with van der Waals surface area (Å²) in [6.07, 6.45) is 19.8. The van der Waals surface area contributed by atoms with Crippen molar-refractivity contribution in [1.29, 1.82) is 0 Å². The van der Waals surface area contributed by atoms with Gasteiger partial charge >= 0.3 is 0 Å². The zero-order valence-electron chi connectivity index (χ0n) is 14.8. The maximum atomic E-state index is 9.25. The van der Waals surface area contributed by atoms with E-state index in [1.165, 1.54) is 83.5 Å². The molecule has 0 aliphatic heterocycles. The van der Waals surface area contributed by atoms with E-state index in [1.807, 2.05) is 0 Å². The van der Waals surface area contributed by atoms with Crippen LogP contribution in [0.5, 0.6) is 0 Å². The topological polar surface area (TPSA) is 46.2 Å². The van der Waals surface area contributed by atoms with Crippen LogP contribution in [0.25, 0.3) is 0 Å². The summed E-state index contributed by atoms with van der Waals surface area (Å²) in [5.41, 5.74) is 5.76. The summed E-state index contributed by atoms with van der Waals surface area (Å²) in [6.45, 7) is 4.47. The molecular formula is C19H41NO. The van der Waals surface area contributed by atoms with Crippen LogP contribution in [0.3, 0.4) is 0 Å². The van der Waals surface area contributed by atoms with Gasteiger partial charge in [0, 0.05) is 5.54 Å². The maximum absolute atomic E-state index is 9.25. The monoisotopic (exact) mass is 299 g/mol. The van der Waals surface area contributed by atoms with Gasteiger partial charge in [-0.25, -0.2) is 0 Å². The second-order valence-electron chi connectivity index (χ2n) is 6.87. The molecule has 21 heavy (non-hydrogen) atoms. The fourth-order valence-corrected chi connectivity index (χ4v) is 2.86. The van der Waals surface area contributed by atoms with Crippen molar-refractivity contribution in [1.82, 2.24) is 0 Å². The summed E-state index contributed by atoms with van der Waals surface area (Å²) >= 11 is 0. The standard InChI is InChI=1S/C19H41NO/c1-3-5-6-7-8-9-10-11-12-13-14-15-16-17-19(20,4-2)18-21/h21H,3-18,20H2,1-2H3. The highest BCUT2D eigenvalue weighted by Crippen LogP contribution is 2.17. The third-order valence-corrected chi connectivity index (χ3v) is 4.80. The SMILES string of the molecule is CCCCCCCCCCCCCCCC(N)(CC)CO. The lowest BCUT2D eigenvalue weighted by molar-refractivity contribution is 0.179. The number of aliphatic hydroxyl groups is 1. The molecule has 0 aromatic rings. The maximum Gasteiger partial charge on any atom is 0.0611 e. The molecule has 0 saturated carbocycles. The first-order valence-electron chi connectivity index (χ1n) is 9.58. The van der Waals surface area contributed by atoms with E-state index in [9.17, 15) is 5.11 Å². The second kappa shape index (κ2) is 14.8. The van der Waals surface area contributed by atoms with E-state index >= 15 is 0 Å². The lowest BCUT2D eigenvalue weighted by Gasteiger charge is -2.25. The number of unbranched alkanes of at least 4 members (excludes halogenated alkanes) is 12. The Bertz CT molecular complexity index is 202. The van der Waals surface area contributed by atoms with Crippen molar-refractivity contribution in [3.63, 3.8) is 0 Å². The van der Waals surface area contributed by atoms with Crippen LogP contribution in [0.15, 0.2) is 0 Å². The molecule has 0 saturated heterocycles. The summed E-state index contributed by atoms with van der Waals surface area (Å²) in [5, 5.41) is 9.25. The molecule has 0 spiro atoms. The van der Waals surface area contributed by atoms with Crippen LogP contribution in [0.2, 0.25) is 0 Å². The van der Waals surface area contributed by atoms with E-state index in [1.54, 1.807) is 0 Å². The predicted octanol–water partition coefficient (Wildman–Crippen LogP) is 5.57. The van der Waals surface area contributed by atoms with Crippen LogP contribution < -0.4 is 5.73 Å². The van der Waals surface area contributed by atoms with Crippen LogP contribution >= 0.6 is 0 Å². The largest absolute Gasteiger partial charge is 0.394 e. The molecule has 0 fully saturated rings. The van der Waals surface area contributed by atoms with E-state index in [4.69, 9.17) is 5.73 Å². The minimum Gasteiger partial charge on any atom is -0.394 e. The summed E-state index contributed by atoms with van der Waals surface area (Å²) in [5.74, 6) is 0. The molecule has 1 unspecified atom stereocenters. The first-order valence-corrected chi connectivity index (χ1v) is 9.58. The van der Waals surface area contributed by atoms with Crippen molar-refractivity contribution in [2.45, 2.75) is 116 Å². The first kappa shape index (κ1) is 20.9. The molecule has 0 amide bonds. The molecule has 0 aliphatic carbocycles. The number of aliphatic hydroxyl groups excluding tert-OH is 1. The molecule has 0 rings (SSSR count). The van der Waals surface area contributed by atoms with Gasteiger partial charge in [0.05, 0.1) is 6.61 Å². The number of hydrogen-bond donors (Lipinski definition) is 2. The molecule has 0 radical (unpaired) electrons. The zero-order valence-corrected chi connectivity index (χ0v) is 14.8. The van der Waals surface area contributed by atoms with Crippen LogP contribution in [0.1, 0.15) is 110 Å². The summed E-state index contributed by atoms with van der Waals surface area (Å²) in [6, 6.07) is 0. The Labute approximate surface area is 133 Å². The average Bonchev–Trinajstić information content (AvgIpc) is 2.51. The third-order valence-electron chi connectivity index (χ3n) is 4.80. The number of rotatable bonds is 16. The zero-order chi connectivity index (χ0) is 15.8. The van der Waals surface area contributed by atoms with Crippen molar-refractivity contribution in [2.75, 3.05) is 6.61 Å². The Morgan fingerprint density at radius 1 is 0.667 bits per heavy atom. The van der Waals surface area contributed by atoms with Gasteiger partial charge in [-0.3, -0.25) is 0 Å². The molecule has 3 N–H and O–H groups in total. The molecule has 0 heterocycles. The number of hydrogen-bond acceptors (Lipinski definition) is 2. The lowest BCUT2D eigenvalue weighted by atomic mass is 9.91. The Balaban J connectivity index is 3.16. The summed E-state index contributed by atoms with van der Waals surface area (Å²) in [4.78, 5) is 0. The Morgan fingerprint density at radius 3 is 1.38 bits per heavy atom. The van der Waals surface area contributed by atoms with E-state index in [-0.39, 0.29) is 12.1 Å². The molecule has 128 valence electrons. The molecule has 2 nitrogen and oxygen atoms in total. The quantitative estimate of drug-likeness (QED) is 0.366. The highest BCUT2D eigenvalue weighted by Gasteiger charge is 2.20. The van der Waals surface area contributed by atoms with Gasteiger partial charge in [-0.2, -0.15) is 0 Å². The van der Waals surface area contributed by atoms with E-state index in [0.717, 1.165) is 12.8 Å². The van der Waals surface area contributed by atoms with Gasteiger partial charge < -0.3 is 10.8 Å². The van der Waals surface area contributed by atoms with Crippen molar-refractivity contribution in [3.8, 4) is 0 Å². The molecule has 1 atom stereocenters. The molecule has 0 aromatic heterocycles. The smallest absolute Gasteiger partial charge is 0.0611 e. The predicted molar refractivity (Wildman–Crippen MR) is 94.6 cm³/mol. The van der Waals surface area contributed by atoms with Gasteiger partial charge in [0.2, 0.25) is 0 Å². The fourth-order valence-electron chi connectivity index (χ4n) is 2.86. The molecular weight excluding hydrogens is 258 g/mol. The lowest BCUT2D eigenvalue weighted by Crippen LogP contribution is -2.42. The molecule has 0 aliphatic rings. The van der Waals surface area contributed by atoms with E-state index in [2.05, 4.69) is 13.8 Å². The minimum atomic E-state index is -0.322.